The van der Waals surface area contributed by atoms with Crippen molar-refractivity contribution < 1.29 is 19.4 Å². The van der Waals surface area contributed by atoms with Gasteiger partial charge in [-0.1, -0.05) is 17.7 Å². The molecule has 1 N–H and O–H groups in total. The van der Waals surface area contributed by atoms with Crippen LogP contribution in [0.2, 0.25) is 0 Å². The molecule has 3 saturated carbocycles. The molecule has 0 radical (unpaired) electrons. The van der Waals surface area contributed by atoms with E-state index in [1.807, 2.05) is 6.92 Å². The first-order valence-corrected chi connectivity index (χ1v) is 8.70. The second kappa shape index (κ2) is 3.90. The number of aliphatic carboxylic acids is 1. The first kappa shape index (κ1) is 13.8. The number of carboxylic acids is 1. The Morgan fingerprint density at radius 1 is 1.39 bits per heavy atom. The van der Waals surface area contributed by atoms with Crippen molar-refractivity contribution in [3.05, 3.63) is 23.8 Å². The van der Waals surface area contributed by atoms with Crippen LogP contribution in [0.1, 0.15) is 39.0 Å². The molecule has 122 valence electrons. The maximum atomic E-state index is 12.5. The monoisotopic (exact) mass is 314 g/mol. The molecule has 4 fully saturated rings. The zero-order valence-electron chi connectivity index (χ0n) is 13.4. The van der Waals surface area contributed by atoms with Gasteiger partial charge in [0.1, 0.15) is 6.10 Å². The van der Waals surface area contributed by atoms with Crippen molar-refractivity contribution in [3.63, 3.8) is 0 Å². The molecule has 1 aliphatic heterocycles. The summed E-state index contributed by atoms with van der Waals surface area (Å²) >= 11 is 0. The Labute approximate surface area is 135 Å². The molecular formula is C19H22O4. The summed E-state index contributed by atoms with van der Waals surface area (Å²) in [5, 5.41) is 10.1. The first-order valence-electron chi connectivity index (χ1n) is 8.70. The minimum Gasteiger partial charge on any atom is -0.481 e. The molecule has 5 rings (SSSR count). The number of esters is 1. The number of ether oxygens (including phenoxy) is 1. The molecule has 0 aromatic carbocycles. The van der Waals surface area contributed by atoms with Crippen LogP contribution < -0.4 is 0 Å². The zero-order valence-corrected chi connectivity index (χ0v) is 13.4. The SMILES string of the molecule is C=C1C[C@]23C[C@H]1CC[C@H]2C1=C[C@@H]2C[C@@](C)(C(=O)O2)[C@H]1[C@@H]3C(=O)O. The largest absolute Gasteiger partial charge is 0.481 e. The highest BCUT2D eigenvalue weighted by atomic mass is 16.6. The fourth-order valence-electron chi connectivity index (χ4n) is 6.88. The lowest BCUT2D eigenvalue weighted by Gasteiger charge is -2.39. The van der Waals surface area contributed by atoms with E-state index in [9.17, 15) is 14.7 Å². The third-order valence-electron chi connectivity index (χ3n) is 7.65. The second-order valence-electron chi connectivity index (χ2n) is 8.62. The Kier molecular flexibility index (Phi) is 2.35. The van der Waals surface area contributed by atoms with Crippen LogP contribution in [0.25, 0.3) is 0 Å². The fourth-order valence-corrected chi connectivity index (χ4v) is 6.88. The Bertz CT molecular complexity index is 691. The maximum Gasteiger partial charge on any atom is 0.313 e. The van der Waals surface area contributed by atoms with Crippen LogP contribution in [0.3, 0.4) is 0 Å². The van der Waals surface area contributed by atoms with Crippen molar-refractivity contribution in [2.24, 2.45) is 34.5 Å². The van der Waals surface area contributed by atoms with E-state index in [1.165, 1.54) is 11.1 Å². The van der Waals surface area contributed by atoms with Gasteiger partial charge in [-0.15, -0.1) is 0 Å². The van der Waals surface area contributed by atoms with E-state index < -0.39 is 17.3 Å². The molecule has 4 bridgehead atoms. The predicted molar refractivity (Wildman–Crippen MR) is 82.3 cm³/mol. The van der Waals surface area contributed by atoms with Gasteiger partial charge in [0.05, 0.1) is 11.3 Å². The number of rotatable bonds is 1. The average Bonchev–Trinajstić information content (AvgIpc) is 2.99. The summed E-state index contributed by atoms with van der Waals surface area (Å²) in [6.45, 7) is 6.17. The van der Waals surface area contributed by atoms with Crippen molar-refractivity contribution in [3.8, 4) is 0 Å². The van der Waals surface area contributed by atoms with Crippen molar-refractivity contribution in [1.82, 2.24) is 0 Å². The number of fused-ring (bicyclic) bond motifs is 6. The molecule has 0 unspecified atom stereocenters. The number of allylic oxidation sites excluding steroid dienone is 2. The number of carbonyl (C=O) groups excluding carboxylic acids is 1. The van der Waals surface area contributed by atoms with E-state index >= 15 is 0 Å². The summed E-state index contributed by atoms with van der Waals surface area (Å²) in [6.07, 6.45) is 6.50. The van der Waals surface area contributed by atoms with Gasteiger partial charge in [-0.3, -0.25) is 9.59 Å². The molecule has 1 saturated heterocycles. The molecule has 4 nitrogen and oxygen atoms in total. The summed E-state index contributed by atoms with van der Waals surface area (Å²) in [5.41, 5.74) is 1.57. The molecule has 1 spiro atoms. The van der Waals surface area contributed by atoms with Crippen LogP contribution in [-0.4, -0.2) is 23.1 Å². The van der Waals surface area contributed by atoms with Gasteiger partial charge < -0.3 is 9.84 Å². The molecular weight excluding hydrogens is 292 g/mol. The Hall–Kier alpha value is -1.58. The third kappa shape index (κ3) is 1.40. The smallest absolute Gasteiger partial charge is 0.313 e. The zero-order chi connectivity index (χ0) is 16.1. The number of carbonyl (C=O) groups is 2. The summed E-state index contributed by atoms with van der Waals surface area (Å²) in [4.78, 5) is 24.8. The highest BCUT2D eigenvalue weighted by molar-refractivity contribution is 5.84. The van der Waals surface area contributed by atoms with Crippen LogP contribution in [0.4, 0.5) is 0 Å². The highest BCUT2D eigenvalue weighted by Crippen LogP contribution is 2.73. The maximum absolute atomic E-state index is 12.5. The Morgan fingerprint density at radius 2 is 2.17 bits per heavy atom. The number of carboxylic acid groups (broad SMARTS) is 1. The standard InChI is InChI=1S/C19H22O4/c1-9-6-19-7-10(9)3-4-13(19)12-5-11-8-18(2,17(22)23-11)14(12)15(19)16(20)21/h5,10-11,13-15H,1,3-4,6-8H2,2H3,(H,20,21)/t10-,11-,13+,14-,15-,18-,19+/m1/s1. The van der Waals surface area contributed by atoms with Crippen molar-refractivity contribution in [2.75, 3.05) is 0 Å². The summed E-state index contributed by atoms with van der Waals surface area (Å²) < 4.78 is 5.50. The van der Waals surface area contributed by atoms with Gasteiger partial charge in [-0.2, -0.15) is 0 Å². The third-order valence-corrected chi connectivity index (χ3v) is 7.65. The van der Waals surface area contributed by atoms with E-state index in [-0.39, 0.29) is 23.4 Å². The molecule has 4 aliphatic carbocycles. The molecule has 0 aromatic heterocycles. The van der Waals surface area contributed by atoms with Crippen LogP contribution in [0, 0.1) is 34.5 Å². The lowest BCUT2D eigenvalue weighted by molar-refractivity contribution is -0.155. The molecule has 23 heavy (non-hydrogen) atoms. The van der Waals surface area contributed by atoms with Gasteiger partial charge in [0.15, 0.2) is 0 Å². The highest BCUT2D eigenvalue weighted by Gasteiger charge is 2.71. The lowest BCUT2D eigenvalue weighted by Crippen LogP contribution is -2.43. The topological polar surface area (TPSA) is 63.6 Å². The number of hydrogen-bond acceptors (Lipinski definition) is 3. The van der Waals surface area contributed by atoms with Gasteiger partial charge in [-0.05, 0) is 55.9 Å². The fraction of sp³-hybridized carbons (Fsp3) is 0.684. The summed E-state index contributed by atoms with van der Waals surface area (Å²) in [5.74, 6) is -0.837. The minimum atomic E-state index is -0.738. The molecule has 1 heterocycles. The summed E-state index contributed by atoms with van der Waals surface area (Å²) in [7, 11) is 0. The predicted octanol–water partition coefficient (Wildman–Crippen LogP) is 2.94. The van der Waals surface area contributed by atoms with Gasteiger partial charge in [0, 0.05) is 12.3 Å². The van der Waals surface area contributed by atoms with E-state index in [0.29, 0.717) is 18.3 Å². The van der Waals surface area contributed by atoms with Gasteiger partial charge in [0.2, 0.25) is 0 Å². The van der Waals surface area contributed by atoms with Crippen LogP contribution >= 0.6 is 0 Å². The average molecular weight is 314 g/mol. The Morgan fingerprint density at radius 3 is 2.91 bits per heavy atom. The van der Waals surface area contributed by atoms with E-state index in [0.717, 1.165) is 25.7 Å². The quantitative estimate of drug-likeness (QED) is 0.597. The van der Waals surface area contributed by atoms with E-state index in [1.54, 1.807) is 0 Å². The van der Waals surface area contributed by atoms with E-state index in [4.69, 9.17) is 4.74 Å². The van der Waals surface area contributed by atoms with Crippen LogP contribution in [0.5, 0.6) is 0 Å². The summed E-state index contributed by atoms with van der Waals surface area (Å²) in [6, 6.07) is 0. The molecule has 5 aliphatic rings. The molecule has 4 heteroatoms. The van der Waals surface area contributed by atoms with Gasteiger partial charge in [-0.25, -0.2) is 0 Å². The van der Waals surface area contributed by atoms with Crippen molar-refractivity contribution >= 4 is 11.9 Å². The second-order valence-corrected chi connectivity index (χ2v) is 8.62. The normalized spacial score (nSPS) is 52.7. The lowest BCUT2D eigenvalue weighted by atomic mass is 9.62. The minimum absolute atomic E-state index is 0.148. The molecule has 7 atom stereocenters. The van der Waals surface area contributed by atoms with Crippen molar-refractivity contribution in [2.45, 2.75) is 45.1 Å². The van der Waals surface area contributed by atoms with Crippen LogP contribution in [0.15, 0.2) is 23.8 Å². The van der Waals surface area contributed by atoms with Gasteiger partial charge >= 0.3 is 11.9 Å². The Balaban J connectivity index is 1.73. The van der Waals surface area contributed by atoms with E-state index in [2.05, 4.69) is 12.7 Å². The van der Waals surface area contributed by atoms with Crippen molar-refractivity contribution in [1.29, 1.82) is 0 Å². The van der Waals surface area contributed by atoms with Gasteiger partial charge in [0.25, 0.3) is 0 Å². The molecule has 0 aromatic rings. The first-order chi connectivity index (χ1) is 10.9. The number of hydrogen-bond donors (Lipinski definition) is 1. The molecule has 0 amide bonds. The van der Waals surface area contributed by atoms with Crippen LogP contribution in [-0.2, 0) is 14.3 Å².